The summed E-state index contributed by atoms with van der Waals surface area (Å²) in [6, 6.07) is 8.29. The zero-order valence-electron chi connectivity index (χ0n) is 13.5. The fourth-order valence-electron chi connectivity index (χ4n) is 2.65. The molecule has 1 fully saturated rings. The molecule has 127 valence electrons. The largest absolute Gasteiger partial charge is 0.492 e. The highest BCUT2D eigenvalue weighted by Gasteiger charge is 2.27. The average molecular weight is 329 g/mol. The molecule has 0 aliphatic carbocycles. The topological polar surface area (TPSA) is 88.4 Å². The van der Waals surface area contributed by atoms with Gasteiger partial charge >= 0.3 is 0 Å². The Morgan fingerprint density at radius 2 is 2.42 bits per heavy atom. The number of aliphatic hydroxyl groups is 1. The molecule has 1 amide bonds. The first-order chi connectivity index (χ1) is 11.6. The molecule has 2 aromatic rings. The minimum atomic E-state index is -0.442. The van der Waals surface area contributed by atoms with Crippen molar-refractivity contribution in [1.82, 2.24) is 20.4 Å². The van der Waals surface area contributed by atoms with Crippen molar-refractivity contribution in [2.45, 2.75) is 18.6 Å². The van der Waals surface area contributed by atoms with Gasteiger partial charge in [-0.3, -0.25) is 9.48 Å². The predicted molar refractivity (Wildman–Crippen MR) is 88.4 cm³/mol. The van der Waals surface area contributed by atoms with Gasteiger partial charge < -0.3 is 20.5 Å². The van der Waals surface area contributed by atoms with Gasteiger partial charge in [-0.25, -0.2) is 0 Å². The van der Waals surface area contributed by atoms with Gasteiger partial charge in [-0.1, -0.05) is 0 Å². The fraction of sp³-hybridized carbons (Fsp3) is 0.412. The van der Waals surface area contributed by atoms with E-state index in [-0.39, 0.29) is 11.9 Å². The maximum absolute atomic E-state index is 11.9. The maximum Gasteiger partial charge on any atom is 0.237 e. The first-order valence-corrected chi connectivity index (χ1v) is 7.94. The van der Waals surface area contributed by atoms with E-state index in [1.165, 1.54) is 0 Å². The molecule has 24 heavy (non-hydrogen) atoms. The quantitative estimate of drug-likeness (QED) is 0.655. The number of hydrogen-bond acceptors (Lipinski definition) is 5. The first-order valence-electron chi connectivity index (χ1n) is 7.94. The molecule has 1 aliphatic rings. The average Bonchev–Trinajstić information content (AvgIpc) is 3.20. The molecule has 1 radical (unpaired) electrons. The Morgan fingerprint density at radius 1 is 1.54 bits per heavy atom. The van der Waals surface area contributed by atoms with Crippen LogP contribution in [0.25, 0.3) is 11.1 Å². The van der Waals surface area contributed by atoms with E-state index in [1.54, 1.807) is 16.9 Å². The molecule has 0 saturated carbocycles. The van der Waals surface area contributed by atoms with Crippen LogP contribution in [0.4, 0.5) is 0 Å². The van der Waals surface area contributed by atoms with Crippen LogP contribution in [0.2, 0.25) is 0 Å². The summed E-state index contributed by atoms with van der Waals surface area (Å²) in [5.41, 5.74) is 1.98. The van der Waals surface area contributed by atoms with E-state index in [0.29, 0.717) is 31.9 Å². The van der Waals surface area contributed by atoms with E-state index < -0.39 is 6.10 Å². The molecule has 3 rings (SSSR count). The Bertz CT molecular complexity index is 701. The number of nitrogens with zero attached hydrogens (tertiary/aromatic N) is 2. The van der Waals surface area contributed by atoms with Crippen molar-refractivity contribution in [1.29, 1.82) is 0 Å². The summed E-state index contributed by atoms with van der Waals surface area (Å²) >= 11 is 0. The molecule has 0 bridgehead atoms. The number of carbonyl (C=O) groups is 1. The van der Waals surface area contributed by atoms with Gasteiger partial charge in [0.1, 0.15) is 12.4 Å². The lowest BCUT2D eigenvalue weighted by atomic mass is 10.1. The van der Waals surface area contributed by atoms with Crippen molar-refractivity contribution in [3.05, 3.63) is 36.7 Å². The number of aliphatic hydroxyl groups excluding tert-OH is 1. The van der Waals surface area contributed by atoms with E-state index in [9.17, 15) is 9.90 Å². The molecule has 1 saturated heterocycles. The van der Waals surface area contributed by atoms with Gasteiger partial charge in [0.25, 0.3) is 0 Å². The normalized spacial score (nSPS) is 20.1. The van der Waals surface area contributed by atoms with Crippen molar-refractivity contribution < 1.29 is 14.6 Å². The van der Waals surface area contributed by atoms with Crippen LogP contribution in [0, 0.1) is 6.07 Å². The fourth-order valence-corrected chi connectivity index (χ4v) is 2.65. The van der Waals surface area contributed by atoms with Crippen LogP contribution in [0.15, 0.2) is 30.6 Å². The van der Waals surface area contributed by atoms with Gasteiger partial charge in [-0.15, -0.1) is 0 Å². The summed E-state index contributed by atoms with van der Waals surface area (Å²) in [5, 5.41) is 19.3. The molecule has 2 atom stereocenters. The minimum Gasteiger partial charge on any atom is -0.492 e. The minimum absolute atomic E-state index is 0.106. The number of hydrogen-bond donors (Lipinski definition) is 3. The van der Waals surface area contributed by atoms with Crippen molar-refractivity contribution in [3.63, 3.8) is 0 Å². The molecule has 0 spiro atoms. The van der Waals surface area contributed by atoms with Gasteiger partial charge in [0.2, 0.25) is 5.91 Å². The third-order valence-electron chi connectivity index (χ3n) is 3.89. The Kier molecular flexibility index (Phi) is 5.12. The number of carbonyl (C=O) groups excluding carboxylic acids is 1. The van der Waals surface area contributed by atoms with Crippen molar-refractivity contribution in [2.24, 2.45) is 7.05 Å². The van der Waals surface area contributed by atoms with Gasteiger partial charge in [-0.05, 0) is 36.2 Å². The van der Waals surface area contributed by atoms with Crippen molar-refractivity contribution in [2.75, 3.05) is 19.7 Å². The molecular formula is C17H21N4O3. The lowest BCUT2D eigenvalue weighted by molar-refractivity contribution is -0.123. The lowest BCUT2D eigenvalue weighted by Crippen LogP contribution is -2.41. The van der Waals surface area contributed by atoms with Crippen LogP contribution in [0.1, 0.15) is 6.42 Å². The SMILES string of the molecule is Cn1cc(-c2c[c]cc(OCCNC(=O)[C@@H]3C[C@H](O)CN3)c2)cn1. The number of nitrogens with one attached hydrogen (secondary N) is 2. The van der Waals surface area contributed by atoms with E-state index in [1.807, 2.05) is 25.4 Å². The van der Waals surface area contributed by atoms with Crippen LogP contribution < -0.4 is 15.4 Å². The number of β-amino-alcohol motifs (C(OH)–C–C–N with tert-alkyl or cyclic N) is 1. The molecule has 3 N–H and O–H groups in total. The van der Waals surface area contributed by atoms with Crippen molar-refractivity contribution >= 4 is 5.91 Å². The smallest absolute Gasteiger partial charge is 0.237 e. The second-order valence-corrected chi connectivity index (χ2v) is 5.85. The second kappa shape index (κ2) is 7.46. The Balaban J connectivity index is 1.46. The predicted octanol–water partition coefficient (Wildman–Crippen LogP) is 0.105. The van der Waals surface area contributed by atoms with E-state index in [4.69, 9.17) is 4.74 Å². The summed E-state index contributed by atoms with van der Waals surface area (Å²) in [4.78, 5) is 11.9. The Morgan fingerprint density at radius 3 is 3.12 bits per heavy atom. The van der Waals surface area contributed by atoms with E-state index >= 15 is 0 Å². The zero-order valence-corrected chi connectivity index (χ0v) is 13.5. The maximum atomic E-state index is 11.9. The summed E-state index contributed by atoms with van der Waals surface area (Å²) < 4.78 is 7.41. The zero-order chi connectivity index (χ0) is 16.9. The highest BCUT2D eigenvalue weighted by atomic mass is 16.5. The van der Waals surface area contributed by atoms with Crippen LogP contribution in [-0.4, -0.2) is 52.6 Å². The highest BCUT2D eigenvalue weighted by molar-refractivity contribution is 5.82. The van der Waals surface area contributed by atoms with Gasteiger partial charge in [-0.2, -0.15) is 5.10 Å². The van der Waals surface area contributed by atoms with Crippen LogP contribution >= 0.6 is 0 Å². The lowest BCUT2D eigenvalue weighted by Gasteiger charge is -2.12. The Labute approximate surface area is 140 Å². The number of ether oxygens (including phenoxy) is 1. The third-order valence-corrected chi connectivity index (χ3v) is 3.89. The molecule has 7 nitrogen and oxygen atoms in total. The molecule has 1 aromatic heterocycles. The van der Waals surface area contributed by atoms with Crippen molar-refractivity contribution in [3.8, 4) is 16.9 Å². The number of benzene rings is 1. The van der Waals surface area contributed by atoms with E-state index in [0.717, 1.165) is 11.1 Å². The highest BCUT2D eigenvalue weighted by Crippen LogP contribution is 2.22. The standard InChI is InChI=1S/C17H21N4O3/c1-21-11-13(9-20-21)12-3-2-4-15(7-12)24-6-5-18-17(23)16-8-14(22)10-19-16/h3-4,7,9,11,14,16,19,22H,5-6,8,10H2,1H3,(H,18,23)/t14-,16-/m0/s1. The van der Waals surface area contributed by atoms with Gasteiger partial charge in [0.15, 0.2) is 0 Å². The number of amides is 1. The molecule has 0 unspecified atom stereocenters. The summed E-state index contributed by atoms with van der Waals surface area (Å²) in [6.07, 6.45) is 3.73. The molecule has 1 aromatic carbocycles. The molecule has 7 heteroatoms. The molecular weight excluding hydrogens is 308 g/mol. The summed E-state index contributed by atoms with van der Waals surface area (Å²) in [7, 11) is 1.87. The monoisotopic (exact) mass is 329 g/mol. The number of rotatable bonds is 6. The van der Waals surface area contributed by atoms with Crippen LogP contribution in [0.5, 0.6) is 5.75 Å². The Hall–Kier alpha value is -2.38. The second-order valence-electron chi connectivity index (χ2n) is 5.85. The summed E-state index contributed by atoms with van der Waals surface area (Å²) in [5.74, 6) is 0.589. The van der Waals surface area contributed by atoms with Crippen LogP contribution in [-0.2, 0) is 11.8 Å². The number of aryl methyl sites for hydroxylation is 1. The molecule has 1 aliphatic heterocycles. The first kappa shape index (κ1) is 16.5. The summed E-state index contributed by atoms with van der Waals surface area (Å²) in [6.45, 7) is 1.24. The number of aromatic nitrogens is 2. The van der Waals surface area contributed by atoms with Crippen LogP contribution in [0.3, 0.4) is 0 Å². The van der Waals surface area contributed by atoms with E-state index in [2.05, 4.69) is 21.8 Å². The van der Waals surface area contributed by atoms with Gasteiger partial charge in [0, 0.05) is 25.4 Å². The molecule has 2 heterocycles. The third kappa shape index (κ3) is 4.12. The van der Waals surface area contributed by atoms with Gasteiger partial charge in [0.05, 0.1) is 24.9 Å².